The number of benzene rings is 2. The van der Waals surface area contributed by atoms with E-state index in [4.69, 9.17) is 0 Å². The van der Waals surface area contributed by atoms with Gasteiger partial charge in [-0.25, -0.2) is 0 Å². The summed E-state index contributed by atoms with van der Waals surface area (Å²) < 4.78 is 1.78. The van der Waals surface area contributed by atoms with Gasteiger partial charge in [0.2, 0.25) is 0 Å². The summed E-state index contributed by atoms with van der Waals surface area (Å²) in [6, 6.07) is 9.80. The maximum atomic E-state index is 12.0. The predicted octanol–water partition coefficient (Wildman–Crippen LogP) is 1.34. The van der Waals surface area contributed by atoms with Crippen LogP contribution in [0.1, 0.15) is 16.7 Å². The van der Waals surface area contributed by atoms with Crippen molar-refractivity contribution in [2.45, 2.75) is 13.8 Å². The average Bonchev–Trinajstić information content (AvgIpc) is 2.34. The minimum Gasteiger partial charge on any atom is -0.871 e. The van der Waals surface area contributed by atoms with Crippen molar-refractivity contribution >= 4 is 57.1 Å². The van der Waals surface area contributed by atoms with Gasteiger partial charge in [0.05, 0.1) is 5.69 Å². The summed E-state index contributed by atoms with van der Waals surface area (Å²) in [4.78, 5) is 4.49. The van der Waals surface area contributed by atoms with Gasteiger partial charge >= 0.3 is 29.6 Å². The van der Waals surface area contributed by atoms with Crippen LogP contribution < -0.4 is 34.7 Å². The van der Waals surface area contributed by atoms with Gasteiger partial charge in [-0.3, -0.25) is 4.99 Å². The van der Waals surface area contributed by atoms with Crippen LogP contribution >= 0.6 is 45.2 Å². The third kappa shape index (κ3) is 4.43. The van der Waals surface area contributed by atoms with Crippen molar-refractivity contribution < 1.29 is 34.7 Å². The van der Waals surface area contributed by atoms with E-state index in [0.717, 1.165) is 24.0 Å². The molecule has 2 nitrogen and oxygen atoms in total. The normalized spacial score (nSPS) is 10.6. The largest absolute Gasteiger partial charge is 1.00 e. The fourth-order valence-electron chi connectivity index (χ4n) is 1.82. The van der Waals surface area contributed by atoms with Crippen molar-refractivity contribution in [2.24, 2.45) is 4.99 Å². The summed E-state index contributed by atoms with van der Waals surface area (Å²) in [6.07, 6.45) is 1.67. The van der Waals surface area contributed by atoms with Gasteiger partial charge in [0, 0.05) is 13.4 Å². The Kier molecular flexibility index (Phi) is 7.48. The van der Waals surface area contributed by atoms with Crippen molar-refractivity contribution in [1.29, 1.82) is 0 Å². The monoisotopic (exact) mass is 499 g/mol. The number of hydrogen-bond acceptors (Lipinski definition) is 2. The van der Waals surface area contributed by atoms with Crippen LogP contribution in [0.3, 0.4) is 0 Å². The number of nitrogens with zero attached hydrogens (tertiary/aromatic N) is 1. The van der Waals surface area contributed by atoms with Crippen molar-refractivity contribution in [3.8, 4) is 5.75 Å². The third-order valence-electron chi connectivity index (χ3n) is 2.81. The number of aryl methyl sites for hydroxylation is 2. The fraction of sp³-hybridized carbons (Fsp3) is 0.133. The van der Waals surface area contributed by atoms with Gasteiger partial charge in [0.15, 0.2) is 0 Å². The molecule has 0 bridgehead atoms. The van der Waals surface area contributed by atoms with Gasteiger partial charge in [0.1, 0.15) is 0 Å². The molecule has 0 atom stereocenters. The first kappa shape index (κ1) is 18.4. The SMILES string of the molecule is Cc1cccc(C)c1N=Cc1cc(I)cc(I)c1[O-].[Na+]. The van der Waals surface area contributed by atoms with E-state index < -0.39 is 0 Å². The van der Waals surface area contributed by atoms with E-state index >= 15 is 0 Å². The Bertz CT molecular complexity index is 636. The second-order valence-corrected chi connectivity index (χ2v) is 6.71. The molecule has 0 N–H and O–H groups in total. The smallest absolute Gasteiger partial charge is 0.871 e. The van der Waals surface area contributed by atoms with E-state index in [1.165, 1.54) is 0 Å². The van der Waals surface area contributed by atoms with Crippen LogP contribution in [0.5, 0.6) is 5.75 Å². The summed E-state index contributed by atoms with van der Waals surface area (Å²) in [5.74, 6) is 0.0380. The second-order valence-electron chi connectivity index (χ2n) is 4.30. The van der Waals surface area contributed by atoms with Crippen LogP contribution in [0.4, 0.5) is 5.69 Å². The van der Waals surface area contributed by atoms with Gasteiger partial charge in [-0.05, 0) is 87.9 Å². The van der Waals surface area contributed by atoms with E-state index in [2.05, 4.69) is 50.2 Å². The topological polar surface area (TPSA) is 35.4 Å². The summed E-state index contributed by atoms with van der Waals surface area (Å²) in [5.41, 5.74) is 3.81. The first-order chi connectivity index (χ1) is 8.99. The zero-order valence-electron chi connectivity index (χ0n) is 11.6. The number of para-hydroxylation sites is 1. The number of rotatable bonds is 2. The number of aliphatic imine (C=N–C) groups is 1. The molecule has 2 aromatic carbocycles. The maximum absolute atomic E-state index is 12.0. The summed E-state index contributed by atoms with van der Waals surface area (Å²) in [7, 11) is 0. The molecular formula is C15H12I2NNaO. The Morgan fingerprint density at radius 2 is 1.70 bits per heavy atom. The first-order valence-electron chi connectivity index (χ1n) is 5.75. The first-order valence-corrected chi connectivity index (χ1v) is 7.91. The molecule has 2 rings (SSSR count). The molecule has 0 heterocycles. The van der Waals surface area contributed by atoms with Crippen LogP contribution in [0.15, 0.2) is 35.3 Å². The quantitative estimate of drug-likeness (QED) is 0.350. The number of hydrogen-bond donors (Lipinski definition) is 0. The molecule has 0 amide bonds. The minimum absolute atomic E-state index is 0. The molecule has 0 saturated heterocycles. The van der Waals surface area contributed by atoms with E-state index in [-0.39, 0.29) is 35.3 Å². The summed E-state index contributed by atoms with van der Waals surface area (Å²) >= 11 is 4.27. The Hall–Kier alpha value is 0.370. The average molecular weight is 499 g/mol. The predicted molar refractivity (Wildman–Crippen MR) is 94.5 cm³/mol. The maximum Gasteiger partial charge on any atom is 1.00 e. The Morgan fingerprint density at radius 1 is 1.10 bits per heavy atom. The van der Waals surface area contributed by atoms with Crippen molar-refractivity contribution in [1.82, 2.24) is 0 Å². The fourth-order valence-corrected chi connectivity index (χ4v) is 3.71. The van der Waals surface area contributed by atoms with Crippen molar-refractivity contribution in [3.63, 3.8) is 0 Å². The zero-order valence-corrected chi connectivity index (χ0v) is 17.9. The molecule has 0 aliphatic heterocycles. The summed E-state index contributed by atoms with van der Waals surface area (Å²) in [5, 5.41) is 12.0. The Morgan fingerprint density at radius 3 is 2.30 bits per heavy atom. The van der Waals surface area contributed by atoms with Crippen LogP contribution in [0.2, 0.25) is 0 Å². The molecule has 20 heavy (non-hydrogen) atoms. The number of halogens is 2. The second kappa shape index (κ2) is 8.12. The molecule has 0 radical (unpaired) electrons. The van der Waals surface area contributed by atoms with Gasteiger partial charge in [0.25, 0.3) is 0 Å². The van der Waals surface area contributed by atoms with E-state index in [0.29, 0.717) is 5.56 Å². The molecule has 0 saturated carbocycles. The van der Waals surface area contributed by atoms with Gasteiger partial charge in [-0.2, -0.15) is 0 Å². The van der Waals surface area contributed by atoms with E-state index in [1.54, 1.807) is 6.21 Å². The molecule has 0 fully saturated rings. The summed E-state index contributed by atoms with van der Waals surface area (Å²) in [6.45, 7) is 4.05. The molecule has 0 unspecified atom stereocenters. The standard InChI is InChI=1S/C15H13I2NO.Na/c1-9-4-3-5-10(2)14(9)18-8-11-6-12(16)7-13(17)15(11)19;/h3-8,19H,1-2H3;/q;+1/p-1. The van der Waals surface area contributed by atoms with E-state index in [1.807, 2.05) is 44.2 Å². The molecule has 0 spiro atoms. The van der Waals surface area contributed by atoms with Crippen LogP contribution in [-0.2, 0) is 0 Å². The Labute approximate surface area is 168 Å². The molecule has 0 aliphatic carbocycles. The van der Waals surface area contributed by atoms with E-state index in [9.17, 15) is 5.11 Å². The molecular weight excluding hydrogens is 487 g/mol. The molecule has 0 aromatic heterocycles. The molecule has 0 aliphatic rings. The van der Waals surface area contributed by atoms with Gasteiger partial charge in [-0.1, -0.05) is 23.9 Å². The molecule has 98 valence electrons. The van der Waals surface area contributed by atoms with Gasteiger partial charge < -0.3 is 5.11 Å². The van der Waals surface area contributed by atoms with Crippen LogP contribution in [0, 0.1) is 21.0 Å². The molecule has 2 aromatic rings. The minimum atomic E-state index is 0. The van der Waals surface area contributed by atoms with Crippen molar-refractivity contribution in [3.05, 3.63) is 54.2 Å². The van der Waals surface area contributed by atoms with Crippen LogP contribution in [-0.4, -0.2) is 6.21 Å². The zero-order chi connectivity index (χ0) is 14.0. The van der Waals surface area contributed by atoms with Crippen LogP contribution in [0.25, 0.3) is 0 Å². The third-order valence-corrected chi connectivity index (χ3v) is 4.23. The van der Waals surface area contributed by atoms with Crippen molar-refractivity contribution in [2.75, 3.05) is 0 Å². The molecule has 5 heteroatoms. The van der Waals surface area contributed by atoms with Gasteiger partial charge in [-0.15, -0.1) is 0 Å². The Balaban J connectivity index is 0.00000200.